The lowest BCUT2D eigenvalue weighted by atomic mass is 10.0. The third kappa shape index (κ3) is 4.99. The van der Waals surface area contributed by atoms with E-state index in [2.05, 4.69) is 27.2 Å². The highest BCUT2D eigenvalue weighted by Gasteiger charge is 2.30. The molecule has 1 unspecified atom stereocenters. The van der Waals surface area contributed by atoms with Crippen LogP contribution in [0.3, 0.4) is 0 Å². The Balaban J connectivity index is 1.36. The van der Waals surface area contributed by atoms with E-state index in [0.29, 0.717) is 6.04 Å². The van der Waals surface area contributed by atoms with E-state index in [1.165, 1.54) is 37.8 Å². The maximum Gasteiger partial charge on any atom is 0.318 e. The SMILES string of the molecule is COc1ccc(C2CCCCCN2C(=O)NC2CCN(CC3CC3)CC2)cc1. The van der Waals surface area contributed by atoms with Crippen molar-refractivity contribution in [3.05, 3.63) is 29.8 Å². The molecule has 3 fully saturated rings. The standard InChI is InChI=1S/C23H35N3O2/c1-28-21-10-8-19(9-11-21)22-5-3-2-4-14-26(22)23(27)24-20-12-15-25(16-13-20)17-18-6-7-18/h8-11,18,20,22H,2-7,12-17H2,1H3,(H,24,27). The van der Waals surface area contributed by atoms with Crippen molar-refractivity contribution in [3.63, 3.8) is 0 Å². The lowest BCUT2D eigenvalue weighted by Crippen LogP contribution is -2.50. The van der Waals surface area contributed by atoms with E-state index in [1.807, 2.05) is 12.1 Å². The van der Waals surface area contributed by atoms with E-state index in [4.69, 9.17) is 4.74 Å². The molecule has 4 rings (SSSR count). The number of rotatable bonds is 5. The van der Waals surface area contributed by atoms with E-state index in [-0.39, 0.29) is 12.1 Å². The lowest BCUT2D eigenvalue weighted by Gasteiger charge is -2.36. The summed E-state index contributed by atoms with van der Waals surface area (Å²) in [5, 5.41) is 3.36. The number of carbonyl (C=O) groups excluding carboxylic acids is 1. The van der Waals surface area contributed by atoms with Crippen LogP contribution in [0, 0.1) is 5.92 Å². The molecule has 1 atom stereocenters. The Morgan fingerprint density at radius 3 is 2.43 bits per heavy atom. The van der Waals surface area contributed by atoms with Crippen molar-refractivity contribution in [2.45, 2.75) is 63.5 Å². The minimum Gasteiger partial charge on any atom is -0.497 e. The normalized spacial score (nSPS) is 24.6. The second-order valence-electron chi connectivity index (χ2n) is 8.80. The monoisotopic (exact) mass is 385 g/mol. The number of ether oxygens (including phenoxy) is 1. The minimum atomic E-state index is 0.128. The molecule has 2 heterocycles. The van der Waals surface area contributed by atoms with E-state index >= 15 is 0 Å². The van der Waals surface area contributed by atoms with Crippen LogP contribution < -0.4 is 10.1 Å². The van der Waals surface area contributed by atoms with Crippen LogP contribution in [-0.2, 0) is 0 Å². The van der Waals surface area contributed by atoms with E-state index < -0.39 is 0 Å². The summed E-state index contributed by atoms with van der Waals surface area (Å²) >= 11 is 0. The zero-order valence-electron chi connectivity index (χ0n) is 17.2. The van der Waals surface area contributed by atoms with Gasteiger partial charge in [-0.1, -0.05) is 25.0 Å². The molecule has 28 heavy (non-hydrogen) atoms. The van der Waals surface area contributed by atoms with E-state index in [1.54, 1.807) is 7.11 Å². The quantitative estimate of drug-likeness (QED) is 0.826. The number of nitrogens with zero attached hydrogens (tertiary/aromatic N) is 2. The molecule has 0 aromatic heterocycles. The molecule has 2 amide bonds. The predicted octanol–water partition coefficient (Wildman–Crippen LogP) is 4.20. The highest BCUT2D eigenvalue weighted by Crippen LogP contribution is 2.32. The minimum absolute atomic E-state index is 0.128. The van der Waals surface area contributed by atoms with Crippen LogP contribution in [0.1, 0.15) is 63.0 Å². The average molecular weight is 386 g/mol. The van der Waals surface area contributed by atoms with Crippen LogP contribution >= 0.6 is 0 Å². The van der Waals surface area contributed by atoms with Gasteiger partial charge in [-0.3, -0.25) is 0 Å². The zero-order chi connectivity index (χ0) is 19.3. The molecule has 3 aliphatic rings. The molecule has 1 aromatic carbocycles. The van der Waals surface area contributed by atoms with Crippen LogP contribution in [0.5, 0.6) is 5.75 Å². The molecular weight excluding hydrogens is 350 g/mol. The smallest absolute Gasteiger partial charge is 0.318 e. The highest BCUT2D eigenvalue weighted by atomic mass is 16.5. The van der Waals surface area contributed by atoms with Crippen LogP contribution in [0.25, 0.3) is 0 Å². The number of benzene rings is 1. The predicted molar refractivity (Wildman–Crippen MR) is 112 cm³/mol. The number of methoxy groups -OCH3 is 1. The first-order valence-electron chi connectivity index (χ1n) is 11.2. The summed E-state index contributed by atoms with van der Waals surface area (Å²) in [6, 6.07) is 8.86. The van der Waals surface area contributed by atoms with Gasteiger partial charge in [-0.05, 0) is 62.1 Å². The first-order chi connectivity index (χ1) is 13.7. The van der Waals surface area contributed by atoms with Gasteiger partial charge in [0.25, 0.3) is 0 Å². The maximum atomic E-state index is 13.2. The third-order valence-electron chi connectivity index (χ3n) is 6.64. The Morgan fingerprint density at radius 2 is 1.75 bits per heavy atom. The molecule has 1 aliphatic carbocycles. The summed E-state index contributed by atoms with van der Waals surface area (Å²) < 4.78 is 5.30. The Hall–Kier alpha value is -1.75. The topological polar surface area (TPSA) is 44.8 Å². The summed E-state index contributed by atoms with van der Waals surface area (Å²) in [5.74, 6) is 1.82. The molecule has 1 N–H and O–H groups in total. The number of hydrogen-bond acceptors (Lipinski definition) is 3. The van der Waals surface area contributed by atoms with Gasteiger partial charge < -0.3 is 19.9 Å². The Kier molecular flexibility index (Phi) is 6.40. The Bertz CT molecular complexity index is 636. The van der Waals surface area contributed by atoms with Crippen molar-refractivity contribution >= 4 is 6.03 Å². The van der Waals surface area contributed by atoms with Gasteiger partial charge in [0.05, 0.1) is 13.2 Å². The van der Waals surface area contributed by atoms with Gasteiger partial charge in [0.15, 0.2) is 0 Å². The van der Waals surface area contributed by atoms with Gasteiger partial charge in [-0.2, -0.15) is 0 Å². The van der Waals surface area contributed by atoms with Crippen molar-refractivity contribution in [1.82, 2.24) is 15.1 Å². The lowest BCUT2D eigenvalue weighted by molar-refractivity contribution is 0.156. The van der Waals surface area contributed by atoms with Crippen LogP contribution in [0.2, 0.25) is 0 Å². The molecule has 2 saturated heterocycles. The number of likely N-dealkylation sites (tertiary alicyclic amines) is 2. The number of urea groups is 1. The molecule has 0 spiro atoms. The summed E-state index contributed by atoms with van der Waals surface area (Å²) in [5.41, 5.74) is 1.22. The van der Waals surface area contributed by atoms with Crippen molar-refractivity contribution in [2.24, 2.45) is 5.92 Å². The van der Waals surface area contributed by atoms with Crippen molar-refractivity contribution in [3.8, 4) is 5.75 Å². The Labute approximate surface area is 169 Å². The molecule has 0 radical (unpaired) electrons. The van der Waals surface area contributed by atoms with Gasteiger partial charge in [0.1, 0.15) is 5.75 Å². The van der Waals surface area contributed by atoms with Crippen molar-refractivity contribution < 1.29 is 9.53 Å². The second-order valence-corrected chi connectivity index (χ2v) is 8.80. The zero-order valence-corrected chi connectivity index (χ0v) is 17.2. The first kappa shape index (κ1) is 19.6. The summed E-state index contributed by atoms with van der Waals surface area (Å²) in [6.45, 7) is 4.38. The largest absolute Gasteiger partial charge is 0.497 e. The van der Waals surface area contributed by atoms with Gasteiger partial charge in [0.2, 0.25) is 0 Å². The number of carbonyl (C=O) groups is 1. The number of hydrogen-bond donors (Lipinski definition) is 1. The Morgan fingerprint density at radius 1 is 1.00 bits per heavy atom. The summed E-state index contributed by atoms with van der Waals surface area (Å²) in [4.78, 5) is 17.9. The molecular formula is C23H35N3O2. The summed E-state index contributed by atoms with van der Waals surface area (Å²) in [6.07, 6.45) is 9.52. The molecule has 154 valence electrons. The highest BCUT2D eigenvalue weighted by molar-refractivity contribution is 5.75. The maximum absolute atomic E-state index is 13.2. The number of piperidine rings is 1. The fourth-order valence-electron chi connectivity index (χ4n) is 4.71. The van der Waals surface area contributed by atoms with Gasteiger partial charge in [-0.15, -0.1) is 0 Å². The molecule has 2 aliphatic heterocycles. The van der Waals surface area contributed by atoms with E-state index in [9.17, 15) is 4.79 Å². The summed E-state index contributed by atoms with van der Waals surface area (Å²) in [7, 11) is 1.69. The fourth-order valence-corrected chi connectivity index (χ4v) is 4.71. The fraction of sp³-hybridized carbons (Fsp3) is 0.696. The van der Waals surface area contributed by atoms with Crippen molar-refractivity contribution in [2.75, 3.05) is 33.3 Å². The second kappa shape index (κ2) is 9.17. The first-order valence-corrected chi connectivity index (χ1v) is 11.2. The van der Waals surface area contributed by atoms with Gasteiger partial charge >= 0.3 is 6.03 Å². The average Bonchev–Trinajstić information content (AvgIpc) is 3.56. The molecule has 0 bridgehead atoms. The third-order valence-corrected chi connectivity index (χ3v) is 6.64. The molecule has 5 heteroatoms. The van der Waals surface area contributed by atoms with Crippen LogP contribution in [-0.4, -0.2) is 55.2 Å². The molecule has 5 nitrogen and oxygen atoms in total. The van der Waals surface area contributed by atoms with E-state index in [0.717, 1.165) is 57.0 Å². The molecule has 1 saturated carbocycles. The molecule has 1 aromatic rings. The number of amides is 2. The number of nitrogens with one attached hydrogen (secondary N) is 1. The van der Waals surface area contributed by atoms with Crippen LogP contribution in [0.4, 0.5) is 4.79 Å². The van der Waals surface area contributed by atoms with Crippen LogP contribution in [0.15, 0.2) is 24.3 Å². The van der Waals surface area contributed by atoms with Gasteiger partial charge in [-0.25, -0.2) is 4.79 Å². The van der Waals surface area contributed by atoms with Gasteiger partial charge in [0, 0.05) is 32.2 Å². The van der Waals surface area contributed by atoms with Crippen molar-refractivity contribution in [1.29, 1.82) is 0 Å².